The molecule has 1 aliphatic carbocycles. The zero-order valence-corrected chi connectivity index (χ0v) is 13.3. The van der Waals surface area contributed by atoms with Gasteiger partial charge in [-0.25, -0.2) is 4.79 Å². The molecule has 0 aliphatic heterocycles. The van der Waals surface area contributed by atoms with Gasteiger partial charge in [0.15, 0.2) is 0 Å². The quantitative estimate of drug-likeness (QED) is 0.566. The summed E-state index contributed by atoms with van der Waals surface area (Å²) >= 11 is 0. The number of aromatic amines is 2. The zero-order chi connectivity index (χ0) is 16.8. The number of nitrogens with one attached hydrogen (secondary N) is 3. The van der Waals surface area contributed by atoms with Gasteiger partial charge in [0.1, 0.15) is 11.4 Å². The van der Waals surface area contributed by atoms with E-state index in [1.807, 2.05) is 4.98 Å². The van der Waals surface area contributed by atoms with E-state index < -0.39 is 17.2 Å². The third-order valence-corrected chi connectivity index (χ3v) is 4.07. The molecule has 0 unspecified atom stereocenters. The van der Waals surface area contributed by atoms with E-state index in [1.54, 1.807) is 0 Å². The molecular formula is C15H24N4O4. The number of carbonyl (C=O) groups is 1. The first-order valence-corrected chi connectivity index (χ1v) is 8.05. The van der Waals surface area contributed by atoms with E-state index in [-0.39, 0.29) is 23.5 Å². The van der Waals surface area contributed by atoms with Crippen molar-refractivity contribution in [2.45, 2.75) is 57.6 Å². The second-order valence-electron chi connectivity index (χ2n) is 5.87. The van der Waals surface area contributed by atoms with Gasteiger partial charge in [-0.15, -0.1) is 0 Å². The summed E-state index contributed by atoms with van der Waals surface area (Å²) in [5, 5.41) is 2.82. The topological polar surface area (TPSA) is 130 Å². The Morgan fingerprint density at radius 1 is 1.26 bits per heavy atom. The number of H-pyrrole nitrogens is 2. The van der Waals surface area contributed by atoms with Crippen LogP contribution in [0, 0.1) is 0 Å². The molecule has 0 aromatic carbocycles. The average Bonchev–Trinajstić information content (AvgIpc) is 2.52. The molecule has 0 saturated heterocycles. The number of aromatic nitrogens is 2. The van der Waals surface area contributed by atoms with Crippen LogP contribution >= 0.6 is 0 Å². The lowest BCUT2D eigenvalue weighted by Gasteiger charge is -2.29. The summed E-state index contributed by atoms with van der Waals surface area (Å²) in [7, 11) is 0. The van der Waals surface area contributed by atoms with Gasteiger partial charge in [0, 0.05) is 12.6 Å². The van der Waals surface area contributed by atoms with Crippen molar-refractivity contribution in [3.8, 4) is 0 Å². The lowest BCUT2D eigenvalue weighted by atomic mass is 9.93. The summed E-state index contributed by atoms with van der Waals surface area (Å²) in [4.78, 5) is 39.1. The van der Waals surface area contributed by atoms with E-state index in [1.165, 1.54) is 0 Å². The molecule has 1 heterocycles. The largest absolute Gasteiger partial charge is 0.392 e. The number of anilines is 1. The lowest BCUT2D eigenvalue weighted by Crippen LogP contribution is -2.41. The van der Waals surface area contributed by atoms with Crippen LogP contribution in [0.4, 0.5) is 5.69 Å². The van der Waals surface area contributed by atoms with Gasteiger partial charge in [0.05, 0.1) is 6.10 Å². The van der Waals surface area contributed by atoms with Crippen LogP contribution in [0.2, 0.25) is 0 Å². The fourth-order valence-electron chi connectivity index (χ4n) is 2.70. The minimum absolute atomic E-state index is 0.00397. The van der Waals surface area contributed by atoms with E-state index in [0.29, 0.717) is 0 Å². The third-order valence-electron chi connectivity index (χ3n) is 4.07. The lowest BCUT2D eigenvalue weighted by molar-refractivity contribution is 0.0209. The monoisotopic (exact) mass is 324 g/mol. The van der Waals surface area contributed by atoms with Crippen LogP contribution in [-0.4, -0.2) is 34.6 Å². The number of rotatable bonds is 6. The summed E-state index contributed by atoms with van der Waals surface area (Å²) < 4.78 is 5.79. The average molecular weight is 324 g/mol. The summed E-state index contributed by atoms with van der Waals surface area (Å²) in [6, 6.07) is -0.00397. The first kappa shape index (κ1) is 17.3. The Labute approximate surface area is 133 Å². The minimum atomic E-state index is -0.757. The Kier molecular flexibility index (Phi) is 5.97. The van der Waals surface area contributed by atoms with Crippen molar-refractivity contribution in [2.24, 2.45) is 0 Å². The maximum absolute atomic E-state index is 12.2. The SMILES string of the molecule is CCCCO[C@H]1CC[C@@H](NC(=O)c2[nH]c(=O)[nH]c(=O)c2N)CC1. The highest BCUT2D eigenvalue weighted by Gasteiger charge is 2.24. The molecule has 0 radical (unpaired) electrons. The van der Waals surface area contributed by atoms with E-state index in [2.05, 4.69) is 17.2 Å². The number of nitrogen functional groups attached to an aromatic ring is 1. The molecule has 8 heteroatoms. The normalized spacial score (nSPS) is 21.1. The van der Waals surface area contributed by atoms with Gasteiger partial charge >= 0.3 is 5.69 Å². The number of unbranched alkanes of at least 4 members (excludes halogenated alkanes) is 1. The van der Waals surface area contributed by atoms with Crippen LogP contribution in [0.5, 0.6) is 0 Å². The first-order chi connectivity index (χ1) is 11.0. The van der Waals surface area contributed by atoms with Crippen molar-refractivity contribution in [3.05, 3.63) is 26.5 Å². The predicted octanol–water partition coefficient (Wildman–Crippen LogP) is 0.503. The van der Waals surface area contributed by atoms with E-state index >= 15 is 0 Å². The van der Waals surface area contributed by atoms with Crippen LogP contribution in [-0.2, 0) is 4.74 Å². The van der Waals surface area contributed by atoms with Crippen molar-refractivity contribution in [1.82, 2.24) is 15.3 Å². The molecule has 1 fully saturated rings. The molecule has 1 aromatic heterocycles. The minimum Gasteiger partial charge on any atom is -0.392 e. The Hall–Kier alpha value is -2.09. The molecule has 23 heavy (non-hydrogen) atoms. The second-order valence-corrected chi connectivity index (χ2v) is 5.87. The Bertz CT molecular complexity index is 644. The molecule has 1 saturated carbocycles. The summed E-state index contributed by atoms with van der Waals surface area (Å²) in [5.41, 5.74) is 3.59. The van der Waals surface area contributed by atoms with Crippen molar-refractivity contribution in [3.63, 3.8) is 0 Å². The smallest absolute Gasteiger partial charge is 0.326 e. The summed E-state index contributed by atoms with van der Waals surface area (Å²) in [6.07, 6.45) is 5.80. The highest BCUT2D eigenvalue weighted by Crippen LogP contribution is 2.21. The highest BCUT2D eigenvalue weighted by molar-refractivity contribution is 5.96. The van der Waals surface area contributed by atoms with Gasteiger partial charge in [-0.3, -0.25) is 14.6 Å². The molecule has 0 spiro atoms. The molecule has 1 aliphatic rings. The Morgan fingerprint density at radius 2 is 1.96 bits per heavy atom. The van der Waals surface area contributed by atoms with Crippen molar-refractivity contribution in [1.29, 1.82) is 0 Å². The molecule has 0 atom stereocenters. The Morgan fingerprint density at radius 3 is 2.61 bits per heavy atom. The van der Waals surface area contributed by atoms with Gasteiger partial charge < -0.3 is 20.8 Å². The number of nitrogens with two attached hydrogens (primary N) is 1. The van der Waals surface area contributed by atoms with Crippen LogP contribution in [0.3, 0.4) is 0 Å². The van der Waals surface area contributed by atoms with Crippen molar-refractivity contribution >= 4 is 11.6 Å². The van der Waals surface area contributed by atoms with Gasteiger partial charge in [-0.2, -0.15) is 0 Å². The molecule has 1 amide bonds. The predicted molar refractivity (Wildman–Crippen MR) is 86.5 cm³/mol. The maximum atomic E-state index is 12.2. The third kappa shape index (κ3) is 4.69. The van der Waals surface area contributed by atoms with Crippen LogP contribution in [0.25, 0.3) is 0 Å². The molecule has 0 bridgehead atoms. The summed E-state index contributed by atoms with van der Waals surface area (Å²) in [6.45, 7) is 2.91. The number of ether oxygens (including phenoxy) is 1. The fourth-order valence-corrected chi connectivity index (χ4v) is 2.70. The molecule has 8 nitrogen and oxygen atoms in total. The molecule has 128 valence electrons. The molecule has 1 aromatic rings. The maximum Gasteiger partial charge on any atom is 0.326 e. The fraction of sp³-hybridized carbons (Fsp3) is 0.667. The Balaban J connectivity index is 1.88. The molecule has 2 rings (SSSR count). The second kappa shape index (κ2) is 7.96. The first-order valence-electron chi connectivity index (χ1n) is 8.05. The van der Waals surface area contributed by atoms with Crippen LogP contribution in [0.15, 0.2) is 9.59 Å². The number of carbonyl (C=O) groups excluding carboxylic acids is 1. The number of hydrogen-bond donors (Lipinski definition) is 4. The van der Waals surface area contributed by atoms with Crippen LogP contribution < -0.4 is 22.3 Å². The summed E-state index contributed by atoms with van der Waals surface area (Å²) in [5.74, 6) is -0.527. The highest BCUT2D eigenvalue weighted by atomic mass is 16.5. The van der Waals surface area contributed by atoms with Gasteiger partial charge in [-0.05, 0) is 32.1 Å². The van der Waals surface area contributed by atoms with Gasteiger partial charge in [0.2, 0.25) is 0 Å². The van der Waals surface area contributed by atoms with E-state index in [9.17, 15) is 14.4 Å². The van der Waals surface area contributed by atoms with E-state index in [0.717, 1.165) is 45.1 Å². The van der Waals surface area contributed by atoms with Crippen molar-refractivity contribution in [2.75, 3.05) is 12.3 Å². The number of hydrogen-bond acceptors (Lipinski definition) is 5. The van der Waals surface area contributed by atoms with Gasteiger partial charge in [-0.1, -0.05) is 13.3 Å². The standard InChI is InChI=1S/C15H24N4O4/c1-2-3-8-23-10-6-4-9(5-7-10)17-14(21)12-11(16)13(20)19-15(22)18-12/h9-10H,2-8,16H2,1H3,(H,17,21)(H2,18,19,20,22)/t9-,10+. The van der Waals surface area contributed by atoms with E-state index in [4.69, 9.17) is 10.5 Å². The van der Waals surface area contributed by atoms with Crippen molar-refractivity contribution < 1.29 is 9.53 Å². The number of amides is 1. The molecular weight excluding hydrogens is 300 g/mol. The zero-order valence-electron chi connectivity index (χ0n) is 13.3. The van der Waals surface area contributed by atoms with Gasteiger partial charge in [0.25, 0.3) is 11.5 Å². The molecule has 5 N–H and O–H groups in total. The van der Waals surface area contributed by atoms with Crippen LogP contribution in [0.1, 0.15) is 55.9 Å².